The van der Waals surface area contributed by atoms with Crippen LogP contribution in [0.1, 0.15) is 18.1 Å². The zero-order valence-electron chi connectivity index (χ0n) is 8.10. The van der Waals surface area contributed by atoms with Gasteiger partial charge < -0.3 is 21.1 Å². The Balaban J connectivity index is 2.94. The van der Waals surface area contributed by atoms with E-state index < -0.39 is 18.0 Å². The van der Waals surface area contributed by atoms with Crippen molar-refractivity contribution < 1.29 is 19.7 Å². The first kappa shape index (κ1) is 11.9. The van der Waals surface area contributed by atoms with Gasteiger partial charge in [-0.3, -0.25) is 0 Å². The van der Waals surface area contributed by atoms with Crippen LogP contribution in [-0.2, 0) is 0 Å². The predicted molar refractivity (Wildman–Crippen MR) is 52.7 cm³/mol. The summed E-state index contributed by atoms with van der Waals surface area (Å²) in [5.74, 6) is -1.13. The number of aliphatic hydroxyl groups excluding tert-OH is 2. The second-order valence-corrected chi connectivity index (χ2v) is 3.26. The van der Waals surface area contributed by atoms with Gasteiger partial charge >= 0.3 is 0 Å². The normalized spacial score (nSPS) is 14.9. The maximum absolute atomic E-state index is 13.2. The summed E-state index contributed by atoms with van der Waals surface area (Å²) < 4.78 is 13.2. The van der Waals surface area contributed by atoms with Gasteiger partial charge in [-0.05, 0) is 25.1 Å². The third kappa shape index (κ3) is 2.65. The molecule has 5 heteroatoms. The van der Waals surface area contributed by atoms with Gasteiger partial charge in [0.2, 0.25) is 0 Å². The molecule has 0 spiro atoms. The van der Waals surface area contributed by atoms with Crippen LogP contribution in [0.3, 0.4) is 0 Å². The lowest BCUT2D eigenvalue weighted by Gasteiger charge is -2.18. The maximum atomic E-state index is 13.2. The van der Waals surface area contributed by atoms with Crippen molar-refractivity contribution in [1.82, 2.24) is 0 Å². The molecule has 0 radical (unpaired) electrons. The Morgan fingerprint density at radius 2 is 2.00 bits per heavy atom. The fourth-order valence-electron chi connectivity index (χ4n) is 1.34. The van der Waals surface area contributed by atoms with Gasteiger partial charge in [-0.1, -0.05) is 6.07 Å². The van der Waals surface area contributed by atoms with E-state index in [9.17, 15) is 19.7 Å². The minimum absolute atomic E-state index is 0.134. The molecule has 0 amide bonds. The van der Waals surface area contributed by atoms with Gasteiger partial charge in [0.15, 0.2) is 0 Å². The van der Waals surface area contributed by atoms with Crippen LogP contribution >= 0.6 is 0 Å². The van der Waals surface area contributed by atoms with Crippen molar-refractivity contribution in [2.24, 2.45) is 5.73 Å². The van der Waals surface area contributed by atoms with Crippen molar-refractivity contribution in [3.05, 3.63) is 29.6 Å². The molecule has 1 rings (SSSR count). The molecule has 5 N–H and O–H groups in total. The number of rotatable bonds is 4. The van der Waals surface area contributed by atoms with Crippen molar-refractivity contribution in [3.8, 4) is 5.75 Å². The van der Waals surface area contributed by atoms with E-state index in [1.807, 2.05) is 0 Å². The predicted octanol–water partition coefficient (Wildman–Crippen LogP) is 0.274. The SMILES string of the molecule is NCCC(O)C(O)c1c(O)cccc1F. The molecule has 0 saturated carbocycles. The highest BCUT2D eigenvalue weighted by molar-refractivity contribution is 5.35. The minimum Gasteiger partial charge on any atom is -0.507 e. The van der Waals surface area contributed by atoms with Crippen LogP contribution in [0.2, 0.25) is 0 Å². The molecule has 2 unspecified atom stereocenters. The summed E-state index contributed by atoms with van der Waals surface area (Å²) in [5, 5.41) is 28.3. The molecule has 0 aliphatic rings. The van der Waals surface area contributed by atoms with E-state index in [4.69, 9.17) is 5.73 Å². The molecule has 0 bridgehead atoms. The van der Waals surface area contributed by atoms with Crippen LogP contribution in [0.4, 0.5) is 4.39 Å². The maximum Gasteiger partial charge on any atom is 0.132 e. The van der Waals surface area contributed by atoms with Gasteiger partial charge in [-0.2, -0.15) is 0 Å². The van der Waals surface area contributed by atoms with Gasteiger partial charge in [0.1, 0.15) is 17.7 Å². The highest BCUT2D eigenvalue weighted by Crippen LogP contribution is 2.29. The highest BCUT2D eigenvalue weighted by atomic mass is 19.1. The summed E-state index contributed by atoms with van der Waals surface area (Å²) in [6, 6.07) is 3.67. The Morgan fingerprint density at radius 3 is 2.53 bits per heavy atom. The molecule has 4 nitrogen and oxygen atoms in total. The number of aromatic hydroxyl groups is 1. The molecule has 0 fully saturated rings. The van der Waals surface area contributed by atoms with Gasteiger partial charge in [-0.15, -0.1) is 0 Å². The Morgan fingerprint density at radius 1 is 1.33 bits per heavy atom. The number of aliphatic hydroxyl groups is 2. The van der Waals surface area contributed by atoms with Gasteiger partial charge in [0.05, 0.1) is 11.7 Å². The van der Waals surface area contributed by atoms with E-state index in [1.165, 1.54) is 12.1 Å². The second-order valence-electron chi connectivity index (χ2n) is 3.26. The monoisotopic (exact) mass is 215 g/mol. The van der Waals surface area contributed by atoms with Crippen LogP contribution < -0.4 is 5.73 Å². The van der Waals surface area contributed by atoms with Crippen molar-refractivity contribution in [3.63, 3.8) is 0 Å². The molecular formula is C10H14FNO3. The zero-order valence-corrected chi connectivity index (χ0v) is 8.10. The first-order chi connectivity index (χ1) is 7.07. The second kappa shape index (κ2) is 5.06. The van der Waals surface area contributed by atoms with Crippen molar-refractivity contribution in [1.29, 1.82) is 0 Å². The van der Waals surface area contributed by atoms with E-state index in [0.29, 0.717) is 0 Å². The molecule has 0 aromatic heterocycles. The molecule has 0 aliphatic heterocycles. The molecule has 0 heterocycles. The summed E-state index contributed by atoms with van der Waals surface area (Å²) in [4.78, 5) is 0. The van der Waals surface area contributed by atoms with Crippen molar-refractivity contribution >= 4 is 0 Å². The smallest absolute Gasteiger partial charge is 0.132 e. The molecule has 15 heavy (non-hydrogen) atoms. The van der Waals surface area contributed by atoms with Gasteiger partial charge in [0, 0.05) is 0 Å². The van der Waals surface area contributed by atoms with Crippen molar-refractivity contribution in [2.45, 2.75) is 18.6 Å². The van der Waals surface area contributed by atoms with Crippen molar-refractivity contribution in [2.75, 3.05) is 6.54 Å². The average Bonchev–Trinajstić information content (AvgIpc) is 2.17. The fourth-order valence-corrected chi connectivity index (χ4v) is 1.34. The quantitative estimate of drug-likeness (QED) is 0.581. The lowest BCUT2D eigenvalue weighted by Crippen LogP contribution is -2.22. The molecule has 84 valence electrons. The van der Waals surface area contributed by atoms with E-state index in [1.54, 1.807) is 0 Å². The lowest BCUT2D eigenvalue weighted by atomic mass is 10.0. The van der Waals surface area contributed by atoms with E-state index >= 15 is 0 Å². The van der Waals surface area contributed by atoms with Crippen LogP contribution in [0.15, 0.2) is 18.2 Å². The Labute approximate surface area is 86.8 Å². The summed E-state index contributed by atoms with van der Waals surface area (Å²) in [5.41, 5.74) is 4.90. The standard InChI is InChI=1S/C10H14FNO3/c11-6-2-1-3-7(13)9(6)10(15)8(14)4-5-12/h1-3,8,10,13-15H,4-5,12H2. The summed E-state index contributed by atoms with van der Waals surface area (Å²) in [6.45, 7) is 0.174. The van der Waals surface area contributed by atoms with Gasteiger partial charge in [-0.25, -0.2) is 4.39 Å². The van der Waals surface area contributed by atoms with Crippen LogP contribution in [0.5, 0.6) is 5.75 Å². The summed E-state index contributed by atoms with van der Waals surface area (Å²) in [6.07, 6.45) is -2.51. The Bertz CT molecular complexity index is 312. The average molecular weight is 215 g/mol. The number of nitrogens with two attached hydrogens (primary N) is 1. The Kier molecular flexibility index (Phi) is 4.02. The van der Waals surface area contributed by atoms with E-state index in [0.717, 1.165) is 6.07 Å². The molecule has 0 aliphatic carbocycles. The largest absolute Gasteiger partial charge is 0.507 e. The third-order valence-electron chi connectivity index (χ3n) is 2.15. The lowest BCUT2D eigenvalue weighted by molar-refractivity contribution is 0.0116. The summed E-state index contributed by atoms with van der Waals surface area (Å²) >= 11 is 0. The zero-order chi connectivity index (χ0) is 11.4. The number of halogens is 1. The first-order valence-electron chi connectivity index (χ1n) is 4.61. The highest BCUT2D eigenvalue weighted by Gasteiger charge is 2.23. The molecular weight excluding hydrogens is 201 g/mol. The topological polar surface area (TPSA) is 86.7 Å². The number of phenols is 1. The Hall–Kier alpha value is -1.17. The first-order valence-corrected chi connectivity index (χ1v) is 4.61. The number of hydrogen-bond acceptors (Lipinski definition) is 4. The van der Waals surface area contributed by atoms with E-state index in [-0.39, 0.29) is 24.3 Å². The summed E-state index contributed by atoms with van der Waals surface area (Å²) in [7, 11) is 0. The minimum atomic E-state index is -1.46. The molecule has 1 aromatic rings. The van der Waals surface area contributed by atoms with Crippen LogP contribution in [-0.4, -0.2) is 28.0 Å². The molecule has 0 saturated heterocycles. The third-order valence-corrected chi connectivity index (χ3v) is 2.15. The molecule has 2 atom stereocenters. The van der Waals surface area contributed by atoms with Crippen LogP contribution in [0, 0.1) is 5.82 Å². The van der Waals surface area contributed by atoms with Crippen LogP contribution in [0.25, 0.3) is 0 Å². The van der Waals surface area contributed by atoms with E-state index in [2.05, 4.69) is 0 Å². The molecule has 1 aromatic carbocycles. The number of hydrogen-bond donors (Lipinski definition) is 4. The number of benzene rings is 1. The fraction of sp³-hybridized carbons (Fsp3) is 0.400. The van der Waals surface area contributed by atoms with Gasteiger partial charge in [0.25, 0.3) is 0 Å². The number of phenolic OH excluding ortho intramolecular Hbond substituents is 1.